The standard InChI is InChI=1S/C16H21NO2/c1-10(17)12-4-6-14(7-5-12)19-16(18)15-9-11-2-3-13(15)8-11/h2-7,10-11,13,15-16,18H,8-9,17H2,1H3. The number of hydrogen-bond donors (Lipinski definition) is 2. The van der Waals surface area contributed by atoms with Crippen molar-refractivity contribution < 1.29 is 9.84 Å². The van der Waals surface area contributed by atoms with Gasteiger partial charge in [0.1, 0.15) is 5.75 Å². The van der Waals surface area contributed by atoms with Gasteiger partial charge >= 0.3 is 0 Å². The molecule has 2 aliphatic rings. The van der Waals surface area contributed by atoms with Crippen molar-refractivity contribution >= 4 is 0 Å². The Bertz CT molecular complexity index is 466. The Labute approximate surface area is 114 Å². The van der Waals surface area contributed by atoms with Gasteiger partial charge in [0, 0.05) is 12.0 Å². The van der Waals surface area contributed by atoms with Gasteiger partial charge in [0.2, 0.25) is 6.29 Å². The summed E-state index contributed by atoms with van der Waals surface area (Å²) in [6.07, 6.45) is 6.01. The van der Waals surface area contributed by atoms with Crippen LogP contribution in [0.5, 0.6) is 5.75 Å². The predicted octanol–water partition coefficient (Wildman–Crippen LogP) is 2.62. The number of ether oxygens (including phenoxy) is 1. The zero-order valence-corrected chi connectivity index (χ0v) is 11.2. The minimum Gasteiger partial charge on any atom is -0.465 e. The van der Waals surface area contributed by atoms with Gasteiger partial charge in [0.25, 0.3) is 0 Å². The van der Waals surface area contributed by atoms with Crippen molar-refractivity contribution in [1.82, 2.24) is 0 Å². The number of aliphatic hydroxyl groups excluding tert-OH is 1. The Balaban J connectivity index is 1.63. The highest BCUT2D eigenvalue weighted by molar-refractivity contribution is 5.29. The minimum absolute atomic E-state index is 0.0228. The second-order valence-electron chi connectivity index (χ2n) is 5.81. The number of allylic oxidation sites excluding steroid dienone is 2. The van der Waals surface area contributed by atoms with Gasteiger partial charge in [-0.1, -0.05) is 24.3 Å². The fraction of sp³-hybridized carbons (Fsp3) is 0.500. The average molecular weight is 259 g/mol. The van der Waals surface area contributed by atoms with Crippen molar-refractivity contribution in [3.63, 3.8) is 0 Å². The second kappa shape index (κ2) is 4.99. The Morgan fingerprint density at radius 2 is 1.95 bits per heavy atom. The molecule has 0 aliphatic heterocycles. The van der Waals surface area contributed by atoms with Gasteiger partial charge in [-0.25, -0.2) is 0 Å². The van der Waals surface area contributed by atoms with Crippen LogP contribution in [0, 0.1) is 17.8 Å². The van der Waals surface area contributed by atoms with E-state index in [1.165, 1.54) is 6.42 Å². The van der Waals surface area contributed by atoms with Crippen LogP contribution in [0.4, 0.5) is 0 Å². The van der Waals surface area contributed by atoms with Gasteiger partial charge in [0.15, 0.2) is 0 Å². The van der Waals surface area contributed by atoms with E-state index in [1.54, 1.807) is 0 Å². The summed E-state index contributed by atoms with van der Waals surface area (Å²) in [7, 11) is 0. The molecule has 3 rings (SSSR count). The molecule has 5 atom stereocenters. The van der Waals surface area contributed by atoms with Crippen molar-refractivity contribution in [2.75, 3.05) is 0 Å². The van der Waals surface area contributed by atoms with Crippen LogP contribution in [-0.4, -0.2) is 11.4 Å². The smallest absolute Gasteiger partial charge is 0.200 e. The van der Waals surface area contributed by atoms with Crippen LogP contribution in [0.2, 0.25) is 0 Å². The van der Waals surface area contributed by atoms with Crippen LogP contribution in [0.1, 0.15) is 31.4 Å². The topological polar surface area (TPSA) is 55.5 Å². The molecule has 1 aromatic rings. The molecule has 3 heteroatoms. The summed E-state index contributed by atoms with van der Waals surface area (Å²) in [6, 6.07) is 7.69. The number of aliphatic hydroxyl groups is 1. The van der Waals surface area contributed by atoms with Crippen molar-refractivity contribution in [2.45, 2.75) is 32.1 Å². The minimum atomic E-state index is -0.707. The first-order valence-corrected chi connectivity index (χ1v) is 7.02. The van der Waals surface area contributed by atoms with Crippen molar-refractivity contribution in [3.05, 3.63) is 42.0 Å². The van der Waals surface area contributed by atoms with Crippen LogP contribution < -0.4 is 10.5 Å². The average Bonchev–Trinajstić information content (AvgIpc) is 3.01. The lowest BCUT2D eigenvalue weighted by Gasteiger charge is -2.24. The van der Waals surface area contributed by atoms with E-state index < -0.39 is 6.29 Å². The predicted molar refractivity (Wildman–Crippen MR) is 74.5 cm³/mol. The van der Waals surface area contributed by atoms with E-state index in [-0.39, 0.29) is 12.0 Å². The van der Waals surface area contributed by atoms with Crippen molar-refractivity contribution in [2.24, 2.45) is 23.5 Å². The molecule has 2 bridgehead atoms. The van der Waals surface area contributed by atoms with E-state index in [0.29, 0.717) is 17.6 Å². The first-order valence-electron chi connectivity index (χ1n) is 7.02. The maximum atomic E-state index is 10.2. The molecular weight excluding hydrogens is 238 g/mol. The van der Waals surface area contributed by atoms with Crippen LogP contribution in [-0.2, 0) is 0 Å². The van der Waals surface area contributed by atoms with E-state index in [9.17, 15) is 5.11 Å². The van der Waals surface area contributed by atoms with Crippen LogP contribution >= 0.6 is 0 Å². The summed E-state index contributed by atoms with van der Waals surface area (Å²) in [5.41, 5.74) is 6.88. The molecular formula is C16H21NO2. The Kier molecular flexibility index (Phi) is 3.33. The van der Waals surface area contributed by atoms with Gasteiger partial charge < -0.3 is 15.6 Å². The maximum absolute atomic E-state index is 10.2. The summed E-state index contributed by atoms with van der Waals surface area (Å²) in [6.45, 7) is 1.95. The van der Waals surface area contributed by atoms with Crippen molar-refractivity contribution in [3.8, 4) is 5.75 Å². The highest BCUT2D eigenvalue weighted by Gasteiger charge is 2.40. The fourth-order valence-electron chi connectivity index (χ4n) is 3.23. The van der Waals surface area contributed by atoms with Crippen LogP contribution in [0.25, 0.3) is 0 Å². The summed E-state index contributed by atoms with van der Waals surface area (Å²) in [5, 5.41) is 10.2. The Morgan fingerprint density at radius 1 is 1.21 bits per heavy atom. The highest BCUT2D eigenvalue weighted by atomic mass is 16.6. The van der Waals surface area contributed by atoms with E-state index >= 15 is 0 Å². The quantitative estimate of drug-likeness (QED) is 0.645. The third-order valence-corrected chi connectivity index (χ3v) is 4.36. The van der Waals surface area contributed by atoms with Gasteiger partial charge in [-0.05, 0) is 49.3 Å². The molecule has 0 amide bonds. The largest absolute Gasteiger partial charge is 0.465 e. The molecule has 3 nitrogen and oxygen atoms in total. The monoisotopic (exact) mass is 259 g/mol. The van der Waals surface area contributed by atoms with Gasteiger partial charge in [-0.2, -0.15) is 0 Å². The van der Waals surface area contributed by atoms with E-state index in [0.717, 1.165) is 12.0 Å². The van der Waals surface area contributed by atoms with Gasteiger partial charge in [0.05, 0.1) is 0 Å². The Morgan fingerprint density at radius 3 is 2.47 bits per heavy atom. The molecule has 1 saturated carbocycles. The van der Waals surface area contributed by atoms with E-state index in [4.69, 9.17) is 10.5 Å². The van der Waals surface area contributed by atoms with Crippen LogP contribution in [0.3, 0.4) is 0 Å². The maximum Gasteiger partial charge on any atom is 0.200 e. The molecule has 0 saturated heterocycles. The SMILES string of the molecule is CC(N)c1ccc(OC(O)C2CC3C=CC2C3)cc1. The third kappa shape index (κ3) is 2.53. The molecule has 1 fully saturated rings. The number of benzene rings is 1. The number of nitrogens with two attached hydrogens (primary N) is 1. The summed E-state index contributed by atoms with van der Waals surface area (Å²) in [4.78, 5) is 0. The molecule has 0 spiro atoms. The molecule has 2 aliphatic carbocycles. The number of rotatable bonds is 4. The molecule has 19 heavy (non-hydrogen) atoms. The lowest BCUT2D eigenvalue weighted by molar-refractivity contribution is -0.0697. The summed E-state index contributed by atoms with van der Waals surface area (Å²) >= 11 is 0. The molecule has 0 heterocycles. The van der Waals surface area contributed by atoms with Crippen LogP contribution in [0.15, 0.2) is 36.4 Å². The third-order valence-electron chi connectivity index (χ3n) is 4.36. The lowest BCUT2D eigenvalue weighted by atomic mass is 9.93. The molecule has 0 aromatic heterocycles. The molecule has 5 unspecified atom stereocenters. The lowest BCUT2D eigenvalue weighted by Crippen LogP contribution is -2.29. The normalized spacial score (nSPS) is 31.4. The summed E-state index contributed by atoms with van der Waals surface area (Å²) < 4.78 is 5.67. The first kappa shape index (κ1) is 12.7. The number of fused-ring (bicyclic) bond motifs is 2. The van der Waals surface area contributed by atoms with Gasteiger partial charge in [-0.15, -0.1) is 0 Å². The van der Waals surface area contributed by atoms with Crippen molar-refractivity contribution in [1.29, 1.82) is 0 Å². The zero-order valence-electron chi connectivity index (χ0n) is 11.2. The molecule has 1 aromatic carbocycles. The highest BCUT2D eigenvalue weighted by Crippen LogP contribution is 2.45. The second-order valence-corrected chi connectivity index (χ2v) is 5.81. The zero-order chi connectivity index (χ0) is 13.4. The molecule has 0 radical (unpaired) electrons. The molecule has 3 N–H and O–H groups in total. The number of hydrogen-bond acceptors (Lipinski definition) is 3. The fourth-order valence-corrected chi connectivity index (χ4v) is 3.23. The molecule has 102 valence electrons. The first-order chi connectivity index (χ1) is 9.13. The van der Waals surface area contributed by atoms with E-state index in [1.807, 2.05) is 31.2 Å². The van der Waals surface area contributed by atoms with E-state index in [2.05, 4.69) is 12.2 Å². The Hall–Kier alpha value is -1.32. The summed E-state index contributed by atoms with van der Waals surface area (Å²) in [5.74, 6) is 2.09. The van der Waals surface area contributed by atoms with Gasteiger partial charge in [-0.3, -0.25) is 0 Å².